The summed E-state index contributed by atoms with van der Waals surface area (Å²) in [6.07, 6.45) is 13.7. The van der Waals surface area contributed by atoms with E-state index in [2.05, 4.69) is 18.7 Å². The highest BCUT2D eigenvalue weighted by Gasteiger charge is 2.23. The summed E-state index contributed by atoms with van der Waals surface area (Å²) < 4.78 is 22.4. The minimum atomic E-state index is -0.393. The molecule has 41 heavy (non-hydrogen) atoms. The molecule has 2 aromatic rings. The maximum absolute atomic E-state index is 12.6. The molecule has 1 fully saturated rings. The number of benzene rings is 2. The third kappa shape index (κ3) is 12.5. The second-order valence-electron chi connectivity index (χ2n) is 10.6. The molecule has 0 bridgehead atoms. The van der Waals surface area contributed by atoms with Crippen LogP contribution in [0.2, 0.25) is 0 Å². The summed E-state index contributed by atoms with van der Waals surface area (Å²) in [4.78, 5) is 23.6. The topological polar surface area (TPSA) is 91.3 Å². The highest BCUT2D eigenvalue weighted by atomic mass is 16.5. The maximum atomic E-state index is 12.6. The Morgan fingerprint density at radius 1 is 0.756 bits per heavy atom. The van der Waals surface area contributed by atoms with Gasteiger partial charge in [-0.25, -0.2) is 9.59 Å². The summed E-state index contributed by atoms with van der Waals surface area (Å²) in [5, 5.41) is 8.85. The molecule has 1 aliphatic carbocycles. The van der Waals surface area contributed by atoms with E-state index in [1.54, 1.807) is 24.3 Å². The van der Waals surface area contributed by atoms with E-state index < -0.39 is 5.97 Å². The Hall–Kier alpha value is -3.16. The second kappa shape index (κ2) is 19.1. The Kier molecular flexibility index (Phi) is 15.0. The van der Waals surface area contributed by atoms with Gasteiger partial charge in [-0.3, -0.25) is 0 Å². The van der Waals surface area contributed by atoms with Crippen molar-refractivity contribution in [2.45, 2.75) is 89.1 Å². The molecular weight excluding hydrogens is 520 g/mol. The molecule has 1 N–H and O–H groups in total. The first-order valence-corrected chi connectivity index (χ1v) is 15.2. The number of unbranched alkanes of at least 4 members (excludes halogenated alkanes) is 6. The predicted octanol–water partition coefficient (Wildman–Crippen LogP) is 7.17. The molecule has 0 aromatic heterocycles. The molecule has 7 heteroatoms. The molecule has 224 valence electrons. The molecule has 0 amide bonds. The first-order valence-electron chi connectivity index (χ1n) is 15.2. The lowest BCUT2D eigenvalue weighted by Crippen LogP contribution is -2.21. The van der Waals surface area contributed by atoms with Crippen LogP contribution in [0.25, 0.3) is 0 Å². The average molecular weight is 567 g/mol. The molecule has 3 rings (SSSR count). The Balaban J connectivity index is 1.30. The molecule has 0 saturated heterocycles. The van der Waals surface area contributed by atoms with Crippen molar-refractivity contribution in [3.63, 3.8) is 0 Å². The van der Waals surface area contributed by atoms with E-state index in [4.69, 9.17) is 24.1 Å². The van der Waals surface area contributed by atoms with Gasteiger partial charge in [0.25, 0.3) is 0 Å². The van der Waals surface area contributed by atoms with Crippen molar-refractivity contribution >= 4 is 11.9 Å². The van der Waals surface area contributed by atoms with Gasteiger partial charge in [0.2, 0.25) is 0 Å². The van der Waals surface area contributed by atoms with Gasteiger partial charge in [-0.15, -0.1) is 0 Å². The third-order valence-electron chi connectivity index (χ3n) is 7.45. The highest BCUT2D eigenvalue weighted by Crippen LogP contribution is 2.35. The average Bonchev–Trinajstić information content (AvgIpc) is 3.01. The minimum Gasteiger partial charge on any atom is -0.494 e. The van der Waals surface area contributed by atoms with Crippen LogP contribution in [-0.4, -0.2) is 49.6 Å². The Morgan fingerprint density at radius 3 is 2.02 bits per heavy atom. The molecule has 0 heterocycles. The minimum absolute atomic E-state index is 0.279. The lowest BCUT2D eigenvalue weighted by molar-refractivity contribution is -0.137. The number of carbonyl (C=O) groups is 2. The van der Waals surface area contributed by atoms with E-state index in [9.17, 15) is 9.59 Å². The monoisotopic (exact) mass is 566 g/mol. The zero-order chi connectivity index (χ0) is 29.1. The first kappa shape index (κ1) is 32.4. The smallest absolute Gasteiger partial charge is 0.343 e. The maximum Gasteiger partial charge on any atom is 0.343 e. The van der Waals surface area contributed by atoms with Gasteiger partial charge >= 0.3 is 11.9 Å². The molecular formula is C34H46O7. The largest absolute Gasteiger partial charge is 0.494 e. The van der Waals surface area contributed by atoms with Gasteiger partial charge in [0.15, 0.2) is 0 Å². The molecule has 2 aromatic carbocycles. The van der Waals surface area contributed by atoms with Gasteiger partial charge in [-0.2, -0.15) is 0 Å². The van der Waals surface area contributed by atoms with Crippen LogP contribution in [0.4, 0.5) is 0 Å². The fourth-order valence-electron chi connectivity index (χ4n) is 5.02. The van der Waals surface area contributed by atoms with Crippen molar-refractivity contribution in [1.82, 2.24) is 0 Å². The van der Waals surface area contributed by atoms with E-state index in [0.717, 1.165) is 83.7 Å². The normalized spacial score (nSPS) is 16.6. The van der Waals surface area contributed by atoms with Crippen LogP contribution in [0.15, 0.2) is 61.2 Å². The van der Waals surface area contributed by atoms with Crippen molar-refractivity contribution in [1.29, 1.82) is 0 Å². The standard InChI is InChI=1S/C34H46O7/c1-2-33(36)40-26-10-6-5-9-25-39-31-19-15-29(16-20-31)34(37)41-32-21-13-28(14-22-32)27-11-17-30(18-12-27)38-24-8-4-3-7-23-35/h2,13-16,19-22,27,30,35H,1,3-12,17-18,23-26H2/t27-,30-. The first-order chi connectivity index (χ1) is 20.1. The van der Waals surface area contributed by atoms with Crippen molar-refractivity contribution < 1.29 is 33.6 Å². The number of hydrogen-bond donors (Lipinski definition) is 1. The fraction of sp³-hybridized carbons (Fsp3) is 0.529. The fourth-order valence-corrected chi connectivity index (χ4v) is 5.02. The molecule has 1 aliphatic rings. The molecule has 1 saturated carbocycles. The Labute approximate surface area is 244 Å². The van der Waals surface area contributed by atoms with E-state index in [0.29, 0.717) is 42.3 Å². The summed E-state index contributed by atoms with van der Waals surface area (Å²) in [5.41, 5.74) is 1.76. The number of aliphatic hydroxyl groups is 1. The van der Waals surface area contributed by atoms with Crippen LogP contribution in [-0.2, 0) is 14.3 Å². The molecule has 0 unspecified atom stereocenters. The van der Waals surface area contributed by atoms with Crippen molar-refractivity contribution in [3.8, 4) is 11.5 Å². The van der Waals surface area contributed by atoms with Crippen LogP contribution in [0.3, 0.4) is 0 Å². The van der Waals surface area contributed by atoms with Gasteiger partial charge < -0.3 is 24.1 Å². The zero-order valence-electron chi connectivity index (χ0n) is 24.3. The number of ether oxygens (including phenoxy) is 4. The predicted molar refractivity (Wildman–Crippen MR) is 159 cm³/mol. The van der Waals surface area contributed by atoms with Crippen molar-refractivity contribution in [2.24, 2.45) is 0 Å². The van der Waals surface area contributed by atoms with Crippen LogP contribution in [0.5, 0.6) is 11.5 Å². The SMILES string of the molecule is C=CC(=O)OCCCCCCOc1ccc(C(=O)Oc2ccc([C@H]3CC[C@H](OCCCCCCO)CC3)cc2)cc1. The van der Waals surface area contributed by atoms with E-state index in [-0.39, 0.29) is 12.6 Å². The second-order valence-corrected chi connectivity index (χ2v) is 10.6. The van der Waals surface area contributed by atoms with Crippen LogP contribution < -0.4 is 9.47 Å². The Morgan fingerprint density at radius 2 is 1.37 bits per heavy atom. The molecule has 0 atom stereocenters. The summed E-state index contributed by atoms with van der Waals surface area (Å²) in [7, 11) is 0. The van der Waals surface area contributed by atoms with Crippen molar-refractivity contribution in [2.75, 3.05) is 26.4 Å². The number of aliphatic hydroxyl groups excluding tert-OH is 1. The van der Waals surface area contributed by atoms with Gasteiger partial charge in [0.05, 0.1) is 24.9 Å². The molecule has 7 nitrogen and oxygen atoms in total. The highest BCUT2D eigenvalue weighted by molar-refractivity contribution is 5.91. The molecule has 0 spiro atoms. The lowest BCUT2D eigenvalue weighted by Gasteiger charge is -2.29. The molecule has 0 aliphatic heterocycles. The summed E-state index contributed by atoms with van der Waals surface area (Å²) in [6, 6.07) is 14.9. The third-order valence-corrected chi connectivity index (χ3v) is 7.45. The molecule has 0 radical (unpaired) electrons. The quantitative estimate of drug-likeness (QED) is 0.0834. The van der Waals surface area contributed by atoms with Gasteiger partial charge in [-0.05, 0) is 112 Å². The summed E-state index contributed by atoms with van der Waals surface area (Å²) in [6.45, 7) is 5.47. The number of esters is 2. The van der Waals surface area contributed by atoms with Crippen LogP contribution >= 0.6 is 0 Å². The van der Waals surface area contributed by atoms with E-state index in [1.165, 1.54) is 11.6 Å². The number of rotatable bonds is 19. The number of hydrogen-bond acceptors (Lipinski definition) is 7. The Bertz CT molecular complexity index is 1020. The van der Waals surface area contributed by atoms with Crippen LogP contribution in [0, 0.1) is 0 Å². The van der Waals surface area contributed by atoms with Gasteiger partial charge in [0, 0.05) is 19.3 Å². The van der Waals surface area contributed by atoms with Crippen LogP contribution in [0.1, 0.15) is 98.9 Å². The lowest BCUT2D eigenvalue weighted by atomic mass is 9.83. The van der Waals surface area contributed by atoms with Gasteiger partial charge in [0.1, 0.15) is 11.5 Å². The van der Waals surface area contributed by atoms with Crippen molar-refractivity contribution in [3.05, 3.63) is 72.3 Å². The number of carbonyl (C=O) groups excluding carboxylic acids is 2. The summed E-state index contributed by atoms with van der Waals surface area (Å²) in [5.74, 6) is 0.987. The van der Waals surface area contributed by atoms with E-state index in [1.807, 2.05) is 12.1 Å². The van der Waals surface area contributed by atoms with Gasteiger partial charge in [-0.1, -0.05) is 31.6 Å². The zero-order valence-corrected chi connectivity index (χ0v) is 24.3. The van der Waals surface area contributed by atoms with E-state index >= 15 is 0 Å². The summed E-state index contributed by atoms with van der Waals surface area (Å²) >= 11 is 0.